The van der Waals surface area contributed by atoms with Crippen molar-refractivity contribution < 1.29 is 27.5 Å². The number of benzene rings is 3. The first-order valence-corrected chi connectivity index (χ1v) is 11.3. The van der Waals surface area contributed by atoms with Gasteiger partial charge in [0.15, 0.2) is 0 Å². The lowest BCUT2D eigenvalue weighted by Gasteiger charge is -2.11. The molecule has 0 spiro atoms. The fourth-order valence-corrected chi connectivity index (χ4v) is 3.70. The maximum atomic E-state index is 12.8. The van der Waals surface area contributed by atoms with Gasteiger partial charge in [0.2, 0.25) is 5.89 Å². The number of hydroxylamine groups is 1. The van der Waals surface area contributed by atoms with Crippen molar-refractivity contribution in [1.82, 2.24) is 10.5 Å². The number of aryl methyl sites for hydroxylation is 1. The van der Waals surface area contributed by atoms with Crippen molar-refractivity contribution in [2.75, 3.05) is 6.54 Å². The van der Waals surface area contributed by atoms with Crippen LogP contribution in [-0.2, 0) is 12.8 Å². The molecule has 186 valence electrons. The SMILES string of the molecule is Cc1oc(-c2ccc(C(F)(F)F)cc2)nc1COc1cccc(/C(=C/CNO)c2ccc(Cl)cc2)c1. The highest BCUT2D eigenvalue weighted by Gasteiger charge is 2.30. The number of alkyl halides is 3. The van der Waals surface area contributed by atoms with Gasteiger partial charge in [0.05, 0.1) is 5.56 Å². The van der Waals surface area contributed by atoms with Crippen LogP contribution in [0.3, 0.4) is 0 Å². The van der Waals surface area contributed by atoms with Gasteiger partial charge in [0.25, 0.3) is 0 Å². The Hall–Kier alpha value is -3.59. The minimum Gasteiger partial charge on any atom is -0.487 e. The molecule has 9 heteroatoms. The molecule has 1 heterocycles. The van der Waals surface area contributed by atoms with E-state index < -0.39 is 11.7 Å². The van der Waals surface area contributed by atoms with Gasteiger partial charge in [-0.1, -0.05) is 41.9 Å². The summed E-state index contributed by atoms with van der Waals surface area (Å²) in [6.07, 6.45) is -2.56. The van der Waals surface area contributed by atoms with E-state index in [1.165, 1.54) is 12.1 Å². The molecule has 0 radical (unpaired) electrons. The molecule has 0 saturated carbocycles. The minimum atomic E-state index is -4.41. The number of hydrogen-bond donors (Lipinski definition) is 2. The second-order valence-corrected chi connectivity index (χ2v) is 8.34. The first-order chi connectivity index (χ1) is 17.2. The van der Waals surface area contributed by atoms with Crippen LogP contribution in [0.5, 0.6) is 5.75 Å². The molecule has 0 fully saturated rings. The van der Waals surface area contributed by atoms with Crippen LogP contribution in [0.25, 0.3) is 17.0 Å². The Balaban J connectivity index is 1.51. The van der Waals surface area contributed by atoms with Crippen LogP contribution in [0.15, 0.2) is 83.3 Å². The summed E-state index contributed by atoms with van der Waals surface area (Å²) < 4.78 is 50.1. The number of halogens is 4. The van der Waals surface area contributed by atoms with E-state index in [1.54, 1.807) is 25.1 Å². The molecule has 0 aliphatic carbocycles. The molecule has 0 bridgehead atoms. The summed E-state index contributed by atoms with van der Waals surface area (Å²) >= 11 is 6.02. The predicted molar refractivity (Wildman–Crippen MR) is 131 cm³/mol. The molecular weight excluding hydrogens is 493 g/mol. The third-order valence-corrected chi connectivity index (χ3v) is 5.68. The fraction of sp³-hybridized carbons (Fsp3) is 0.148. The zero-order chi connectivity index (χ0) is 25.7. The van der Waals surface area contributed by atoms with Crippen LogP contribution in [0, 0.1) is 6.92 Å². The summed E-state index contributed by atoms with van der Waals surface area (Å²) in [7, 11) is 0. The first-order valence-electron chi connectivity index (χ1n) is 10.9. The van der Waals surface area contributed by atoms with Gasteiger partial charge in [-0.25, -0.2) is 10.5 Å². The highest BCUT2D eigenvalue weighted by Crippen LogP contribution is 2.32. The van der Waals surface area contributed by atoms with Crippen molar-refractivity contribution in [3.8, 4) is 17.2 Å². The number of nitrogens with one attached hydrogen (secondary N) is 1. The van der Waals surface area contributed by atoms with Crippen LogP contribution in [0.2, 0.25) is 5.02 Å². The van der Waals surface area contributed by atoms with Gasteiger partial charge in [0.1, 0.15) is 23.8 Å². The number of oxazole rings is 1. The maximum Gasteiger partial charge on any atom is 0.416 e. The Morgan fingerprint density at radius 1 is 1.06 bits per heavy atom. The van der Waals surface area contributed by atoms with E-state index >= 15 is 0 Å². The lowest BCUT2D eigenvalue weighted by atomic mass is 9.97. The van der Waals surface area contributed by atoms with Crippen molar-refractivity contribution in [3.05, 3.63) is 112 Å². The molecule has 5 nitrogen and oxygen atoms in total. The third kappa shape index (κ3) is 6.15. The Bertz CT molecular complexity index is 1350. The summed E-state index contributed by atoms with van der Waals surface area (Å²) in [5, 5.41) is 9.69. The molecule has 0 unspecified atom stereocenters. The standard InChI is InChI=1S/C27H22ClF3N2O3/c1-17-25(33-26(36-17)19-5-9-21(10-6-19)27(29,30)31)16-35-23-4-2-3-20(15-23)24(13-14-32-34)18-7-11-22(28)12-8-18/h2-13,15,32,34H,14,16H2,1H3/b24-13+. The van der Waals surface area contributed by atoms with Crippen molar-refractivity contribution >= 4 is 17.2 Å². The molecule has 0 amide bonds. The Labute approximate surface area is 210 Å². The van der Waals surface area contributed by atoms with Gasteiger partial charge in [-0.15, -0.1) is 0 Å². The highest BCUT2D eigenvalue weighted by molar-refractivity contribution is 6.30. The molecular formula is C27H22ClF3N2O3. The van der Waals surface area contributed by atoms with Gasteiger partial charge in [-0.05, 0) is 72.2 Å². The van der Waals surface area contributed by atoms with Crippen LogP contribution in [0.1, 0.15) is 28.1 Å². The van der Waals surface area contributed by atoms with Crippen LogP contribution < -0.4 is 10.2 Å². The van der Waals surface area contributed by atoms with Gasteiger partial charge in [-0.2, -0.15) is 13.2 Å². The van der Waals surface area contributed by atoms with Crippen molar-refractivity contribution in [2.24, 2.45) is 0 Å². The number of aromatic nitrogens is 1. The molecule has 0 atom stereocenters. The average molecular weight is 515 g/mol. The summed E-state index contributed by atoms with van der Waals surface area (Å²) in [5.74, 6) is 1.32. The number of nitrogens with zero attached hydrogens (tertiary/aromatic N) is 1. The Kier molecular flexibility index (Phi) is 7.79. The zero-order valence-electron chi connectivity index (χ0n) is 19.1. The van der Waals surface area contributed by atoms with E-state index in [2.05, 4.69) is 10.5 Å². The molecule has 1 aromatic heterocycles. The number of rotatable bonds is 8. The van der Waals surface area contributed by atoms with E-state index in [0.29, 0.717) is 27.8 Å². The monoisotopic (exact) mass is 514 g/mol. The summed E-state index contributed by atoms with van der Waals surface area (Å²) in [6, 6.07) is 19.5. The molecule has 4 aromatic rings. The molecule has 3 aromatic carbocycles. The second kappa shape index (κ2) is 11.0. The van der Waals surface area contributed by atoms with E-state index in [0.717, 1.165) is 28.8 Å². The summed E-state index contributed by atoms with van der Waals surface area (Å²) in [6.45, 7) is 2.07. The number of ether oxygens (including phenoxy) is 1. The first kappa shape index (κ1) is 25.5. The second-order valence-electron chi connectivity index (χ2n) is 7.90. The van der Waals surface area contributed by atoms with E-state index in [9.17, 15) is 13.2 Å². The van der Waals surface area contributed by atoms with Crippen molar-refractivity contribution in [2.45, 2.75) is 19.7 Å². The molecule has 36 heavy (non-hydrogen) atoms. The van der Waals surface area contributed by atoms with E-state index in [1.807, 2.05) is 36.4 Å². The smallest absolute Gasteiger partial charge is 0.416 e. The molecule has 0 saturated heterocycles. The van der Waals surface area contributed by atoms with Gasteiger partial charge in [0, 0.05) is 17.1 Å². The largest absolute Gasteiger partial charge is 0.487 e. The molecule has 2 N–H and O–H groups in total. The average Bonchev–Trinajstić information content (AvgIpc) is 3.24. The van der Waals surface area contributed by atoms with E-state index in [4.69, 9.17) is 26.0 Å². The predicted octanol–water partition coefficient (Wildman–Crippen LogP) is 7.31. The lowest BCUT2D eigenvalue weighted by Crippen LogP contribution is -2.06. The molecule has 0 aliphatic heterocycles. The Morgan fingerprint density at radius 2 is 1.78 bits per heavy atom. The molecule has 4 rings (SSSR count). The van der Waals surface area contributed by atoms with Gasteiger partial charge in [-0.3, -0.25) is 0 Å². The molecule has 0 aliphatic rings. The normalized spacial score (nSPS) is 12.1. The van der Waals surface area contributed by atoms with Crippen molar-refractivity contribution in [1.29, 1.82) is 0 Å². The van der Waals surface area contributed by atoms with Crippen molar-refractivity contribution in [3.63, 3.8) is 0 Å². The van der Waals surface area contributed by atoms with Crippen LogP contribution in [0.4, 0.5) is 13.2 Å². The maximum absolute atomic E-state index is 12.8. The highest BCUT2D eigenvalue weighted by atomic mass is 35.5. The van der Waals surface area contributed by atoms with Crippen LogP contribution >= 0.6 is 11.6 Å². The lowest BCUT2D eigenvalue weighted by molar-refractivity contribution is -0.137. The fourth-order valence-electron chi connectivity index (χ4n) is 3.57. The van der Waals surface area contributed by atoms with Gasteiger partial charge >= 0.3 is 6.18 Å². The van der Waals surface area contributed by atoms with Crippen LogP contribution in [-0.4, -0.2) is 16.7 Å². The summed E-state index contributed by atoms with van der Waals surface area (Å²) in [4.78, 5) is 4.41. The summed E-state index contributed by atoms with van der Waals surface area (Å²) in [5.41, 5.74) is 5.03. The van der Waals surface area contributed by atoms with Gasteiger partial charge < -0.3 is 14.4 Å². The topological polar surface area (TPSA) is 67.5 Å². The number of hydrogen-bond acceptors (Lipinski definition) is 5. The zero-order valence-corrected chi connectivity index (χ0v) is 19.9. The minimum absolute atomic E-state index is 0.109. The third-order valence-electron chi connectivity index (χ3n) is 5.43. The Morgan fingerprint density at radius 3 is 2.44 bits per heavy atom. The van der Waals surface area contributed by atoms with E-state index in [-0.39, 0.29) is 19.0 Å². The quantitative estimate of drug-likeness (QED) is 0.241.